The molecule has 0 saturated carbocycles. The van der Waals surface area contributed by atoms with Crippen LogP contribution in [0.5, 0.6) is 10.9 Å². The van der Waals surface area contributed by atoms with Gasteiger partial charge >= 0.3 is 0 Å². The Morgan fingerprint density at radius 3 is 2.63 bits per heavy atom. The topological polar surface area (TPSA) is 54.5 Å². The van der Waals surface area contributed by atoms with E-state index in [4.69, 9.17) is 4.74 Å². The summed E-state index contributed by atoms with van der Waals surface area (Å²) in [5.74, 6) is 0.662. The van der Waals surface area contributed by atoms with E-state index in [1.54, 1.807) is 13.0 Å². The maximum Gasteiger partial charge on any atom is 0.279 e. The molecule has 0 radical (unpaired) electrons. The van der Waals surface area contributed by atoms with Gasteiger partial charge in [-0.05, 0) is 61.6 Å². The number of benzene rings is 2. The third-order valence-corrected chi connectivity index (χ3v) is 7.05. The van der Waals surface area contributed by atoms with Crippen LogP contribution in [-0.2, 0) is 11.3 Å². The molecule has 5 rings (SSSR count). The molecule has 3 aromatic rings. The van der Waals surface area contributed by atoms with Crippen LogP contribution >= 0.6 is 11.3 Å². The molecule has 2 aromatic carbocycles. The third-order valence-electron chi connectivity index (χ3n) is 6.15. The fourth-order valence-corrected chi connectivity index (χ4v) is 5.68. The minimum absolute atomic E-state index is 0.217. The first-order chi connectivity index (χ1) is 14.5. The van der Waals surface area contributed by atoms with Gasteiger partial charge in [-0.25, -0.2) is 9.37 Å². The SMILES string of the molecule is CC(=O)N1C2CCC1CC(NCc1ccc(Oc3nc4ccc(F)cc4s3)cc1)C2. The highest BCUT2D eigenvalue weighted by Gasteiger charge is 2.41. The maximum atomic E-state index is 13.3. The molecule has 0 spiro atoms. The minimum Gasteiger partial charge on any atom is -0.431 e. The number of aromatic nitrogens is 1. The van der Waals surface area contributed by atoms with Crippen LogP contribution < -0.4 is 10.1 Å². The molecule has 156 valence electrons. The van der Waals surface area contributed by atoms with Gasteiger partial charge < -0.3 is 15.0 Å². The monoisotopic (exact) mass is 425 g/mol. The quantitative estimate of drug-likeness (QED) is 0.634. The molecule has 1 amide bonds. The van der Waals surface area contributed by atoms with Gasteiger partial charge in [0, 0.05) is 31.6 Å². The maximum absolute atomic E-state index is 13.3. The van der Waals surface area contributed by atoms with E-state index >= 15 is 0 Å². The van der Waals surface area contributed by atoms with E-state index in [0.29, 0.717) is 29.1 Å². The molecular weight excluding hydrogens is 401 g/mol. The number of amides is 1. The van der Waals surface area contributed by atoms with Crippen molar-refractivity contribution in [3.8, 4) is 10.9 Å². The number of halogens is 1. The lowest BCUT2D eigenvalue weighted by atomic mass is 9.97. The predicted molar refractivity (Wildman–Crippen MR) is 115 cm³/mol. The van der Waals surface area contributed by atoms with Gasteiger partial charge in [0.2, 0.25) is 5.91 Å². The van der Waals surface area contributed by atoms with Crippen molar-refractivity contribution < 1.29 is 13.9 Å². The summed E-state index contributed by atoms with van der Waals surface area (Å²) < 4.78 is 20.0. The number of nitrogens with one attached hydrogen (secondary N) is 1. The Morgan fingerprint density at radius 1 is 1.20 bits per heavy atom. The Morgan fingerprint density at radius 2 is 1.93 bits per heavy atom. The van der Waals surface area contributed by atoms with Gasteiger partial charge in [-0.3, -0.25) is 4.79 Å². The number of hydrogen-bond acceptors (Lipinski definition) is 5. The van der Waals surface area contributed by atoms with Gasteiger partial charge in [0.25, 0.3) is 5.19 Å². The molecule has 2 fully saturated rings. The van der Waals surface area contributed by atoms with Crippen LogP contribution in [0.4, 0.5) is 4.39 Å². The summed E-state index contributed by atoms with van der Waals surface area (Å²) in [7, 11) is 0. The molecule has 2 aliphatic heterocycles. The molecule has 1 N–H and O–H groups in total. The van der Waals surface area contributed by atoms with E-state index in [2.05, 4.69) is 27.3 Å². The zero-order valence-electron chi connectivity index (χ0n) is 16.8. The van der Waals surface area contributed by atoms with Gasteiger partial charge in [-0.1, -0.05) is 23.5 Å². The number of ether oxygens (including phenoxy) is 1. The van der Waals surface area contributed by atoms with E-state index in [1.807, 2.05) is 12.1 Å². The first kappa shape index (κ1) is 19.5. The number of carbonyl (C=O) groups is 1. The Kier molecular flexibility index (Phi) is 5.16. The Labute approximate surface area is 178 Å². The lowest BCUT2D eigenvalue weighted by Gasteiger charge is -2.38. The summed E-state index contributed by atoms with van der Waals surface area (Å²) in [6, 6.07) is 13.8. The highest BCUT2D eigenvalue weighted by atomic mass is 32.1. The van der Waals surface area contributed by atoms with Crippen LogP contribution in [0.15, 0.2) is 42.5 Å². The second kappa shape index (κ2) is 7.96. The second-order valence-corrected chi connectivity index (χ2v) is 9.19. The number of nitrogens with zero attached hydrogens (tertiary/aromatic N) is 2. The summed E-state index contributed by atoms with van der Waals surface area (Å²) >= 11 is 1.33. The van der Waals surface area contributed by atoms with Crippen molar-refractivity contribution >= 4 is 27.5 Å². The number of rotatable bonds is 5. The van der Waals surface area contributed by atoms with Crippen molar-refractivity contribution in [2.75, 3.05) is 0 Å². The van der Waals surface area contributed by atoms with Crippen molar-refractivity contribution in [3.05, 3.63) is 53.8 Å². The Balaban J connectivity index is 1.17. The highest BCUT2D eigenvalue weighted by Crippen LogP contribution is 2.36. The molecular formula is C23H24FN3O2S. The van der Waals surface area contributed by atoms with Crippen LogP contribution in [0.25, 0.3) is 10.2 Å². The summed E-state index contributed by atoms with van der Waals surface area (Å²) in [4.78, 5) is 18.3. The normalized spacial score (nSPS) is 23.1. The number of hydrogen-bond donors (Lipinski definition) is 1. The molecule has 1 aromatic heterocycles. The van der Waals surface area contributed by atoms with Crippen LogP contribution in [0.2, 0.25) is 0 Å². The van der Waals surface area contributed by atoms with Crippen LogP contribution in [0, 0.1) is 5.82 Å². The first-order valence-electron chi connectivity index (χ1n) is 10.4. The van der Waals surface area contributed by atoms with Gasteiger partial charge in [-0.15, -0.1) is 0 Å². The summed E-state index contributed by atoms with van der Waals surface area (Å²) in [5.41, 5.74) is 1.93. The zero-order valence-corrected chi connectivity index (χ0v) is 17.6. The van der Waals surface area contributed by atoms with E-state index in [0.717, 1.165) is 42.4 Å². The molecule has 0 aliphatic carbocycles. The average molecular weight is 426 g/mol. The van der Waals surface area contributed by atoms with Crippen molar-refractivity contribution in [3.63, 3.8) is 0 Å². The van der Waals surface area contributed by atoms with E-state index < -0.39 is 0 Å². The molecule has 2 atom stereocenters. The second-order valence-electron chi connectivity index (χ2n) is 8.20. The number of fused-ring (bicyclic) bond motifs is 3. The van der Waals surface area contributed by atoms with Gasteiger partial charge in [0.05, 0.1) is 10.2 Å². The molecule has 2 bridgehead atoms. The fraction of sp³-hybridized carbons (Fsp3) is 0.391. The van der Waals surface area contributed by atoms with Crippen molar-refractivity contribution in [2.45, 2.75) is 57.3 Å². The van der Waals surface area contributed by atoms with E-state index in [-0.39, 0.29) is 11.7 Å². The third kappa shape index (κ3) is 3.91. The summed E-state index contributed by atoms with van der Waals surface area (Å²) in [5, 5.41) is 4.17. The molecule has 2 aliphatic rings. The lowest BCUT2D eigenvalue weighted by molar-refractivity contribution is -0.133. The first-order valence-corrected chi connectivity index (χ1v) is 11.2. The van der Waals surface area contributed by atoms with Crippen molar-refractivity contribution in [1.82, 2.24) is 15.2 Å². The van der Waals surface area contributed by atoms with Crippen LogP contribution in [-0.4, -0.2) is 33.9 Å². The number of carbonyl (C=O) groups excluding carboxylic acids is 1. The van der Waals surface area contributed by atoms with Crippen molar-refractivity contribution in [2.24, 2.45) is 0 Å². The molecule has 30 heavy (non-hydrogen) atoms. The van der Waals surface area contributed by atoms with Crippen LogP contribution in [0.1, 0.15) is 38.2 Å². The zero-order chi connectivity index (χ0) is 20.7. The number of thiazole rings is 1. The Bertz CT molecular complexity index is 1050. The average Bonchev–Trinajstić information content (AvgIpc) is 3.24. The molecule has 7 heteroatoms. The largest absolute Gasteiger partial charge is 0.431 e. The van der Waals surface area contributed by atoms with Gasteiger partial charge in [0.1, 0.15) is 11.6 Å². The van der Waals surface area contributed by atoms with E-state index in [1.165, 1.54) is 29.0 Å². The molecule has 2 saturated heterocycles. The molecule has 2 unspecified atom stereocenters. The van der Waals surface area contributed by atoms with Crippen LogP contribution in [0.3, 0.4) is 0 Å². The van der Waals surface area contributed by atoms with Gasteiger partial charge in [0.15, 0.2) is 0 Å². The smallest absolute Gasteiger partial charge is 0.279 e. The Hall–Kier alpha value is -2.51. The highest BCUT2D eigenvalue weighted by molar-refractivity contribution is 7.20. The predicted octanol–water partition coefficient (Wildman–Crippen LogP) is 4.86. The summed E-state index contributed by atoms with van der Waals surface area (Å²) in [6.07, 6.45) is 4.34. The minimum atomic E-state index is -0.269. The summed E-state index contributed by atoms with van der Waals surface area (Å²) in [6.45, 7) is 2.49. The van der Waals surface area contributed by atoms with Crippen molar-refractivity contribution in [1.29, 1.82) is 0 Å². The molecule has 5 nitrogen and oxygen atoms in total. The number of piperidine rings is 1. The van der Waals surface area contributed by atoms with E-state index in [9.17, 15) is 9.18 Å². The fourth-order valence-electron chi connectivity index (χ4n) is 4.82. The lowest BCUT2D eigenvalue weighted by Crippen LogP contribution is -2.50. The van der Waals surface area contributed by atoms with Gasteiger partial charge in [-0.2, -0.15) is 0 Å². The standard InChI is InChI=1S/C23H24FN3O2S/c1-14(28)27-18-5-6-19(27)12-17(11-18)25-13-15-2-7-20(8-3-15)29-23-26-21-9-4-16(24)10-22(21)30-23/h2-4,7-10,17-19,25H,5-6,11-13H2,1H3. The molecule has 3 heterocycles.